The summed E-state index contributed by atoms with van der Waals surface area (Å²) in [5, 5.41) is 2.99. The summed E-state index contributed by atoms with van der Waals surface area (Å²) in [6.45, 7) is 4.42. The van der Waals surface area contributed by atoms with Gasteiger partial charge in [-0.2, -0.15) is 0 Å². The van der Waals surface area contributed by atoms with Crippen LogP contribution in [-0.2, 0) is 4.79 Å². The Morgan fingerprint density at radius 1 is 1.15 bits per heavy atom. The summed E-state index contributed by atoms with van der Waals surface area (Å²) in [5.41, 5.74) is 3.03. The van der Waals surface area contributed by atoms with E-state index in [1.807, 2.05) is 0 Å². The summed E-state index contributed by atoms with van der Waals surface area (Å²) in [7, 11) is 0. The number of fused-ring (bicyclic) bond motifs is 1. The Bertz CT molecular complexity index is 267. The van der Waals surface area contributed by atoms with E-state index in [-0.39, 0.29) is 5.91 Å². The highest BCUT2D eigenvalue weighted by atomic mass is 16.2. The quantitative estimate of drug-likeness (QED) is 0.447. The van der Waals surface area contributed by atoms with Crippen molar-refractivity contribution in [1.82, 2.24) is 5.32 Å². The van der Waals surface area contributed by atoms with E-state index < -0.39 is 0 Å². The van der Waals surface area contributed by atoms with Crippen molar-refractivity contribution in [2.24, 2.45) is 5.92 Å². The number of carbonyl (C=O) groups is 1. The lowest BCUT2D eigenvalue weighted by atomic mass is 9.79. The van der Waals surface area contributed by atoms with E-state index in [0.29, 0.717) is 12.0 Å². The predicted molar refractivity (Wildman–Crippen MR) is 52.3 cm³/mol. The van der Waals surface area contributed by atoms with Crippen LogP contribution in [0.1, 0.15) is 39.5 Å². The number of hydrogen-bond donors (Lipinski definition) is 1. The van der Waals surface area contributed by atoms with Gasteiger partial charge in [-0.3, -0.25) is 4.79 Å². The normalized spacial score (nSPS) is 34.2. The Morgan fingerprint density at radius 2 is 1.77 bits per heavy atom. The van der Waals surface area contributed by atoms with Crippen molar-refractivity contribution in [2.75, 3.05) is 0 Å². The molecule has 2 heteroatoms. The molecule has 0 bridgehead atoms. The maximum Gasteiger partial charge on any atom is 0.225 e. The minimum absolute atomic E-state index is 0.275. The SMILES string of the molecule is CC1=C(C)CC[C@H]2NC(=O)[C@H]2CC1. The second kappa shape index (κ2) is 3.17. The molecule has 1 heterocycles. The fraction of sp³-hybridized carbons (Fsp3) is 0.727. The van der Waals surface area contributed by atoms with E-state index in [2.05, 4.69) is 19.2 Å². The van der Waals surface area contributed by atoms with Crippen LogP contribution < -0.4 is 5.32 Å². The zero-order valence-electron chi connectivity index (χ0n) is 8.39. The summed E-state index contributed by atoms with van der Waals surface area (Å²) >= 11 is 0. The highest BCUT2D eigenvalue weighted by Crippen LogP contribution is 2.31. The zero-order valence-corrected chi connectivity index (χ0v) is 8.39. The second-order valence-electron chi connectivity index (χ2n) is 4.36. The molecule has 2 nitrogen and oxygen atoms in total. The minimum atomic E-state index is 0.275. The van der Waals surface area contributed by atoms with Crippen molar-refractivity contribution < 1.29 is 4.79 Å². The first-order valence-electron chi connectivity index (χ1n) is 5.14. The average molecular weight is 179 g/mol. The number of amides is 1. The highest BCUT2D eigenvalue weighted by Gasteiger charge is 2.38. The van der Waals surface area contributed by atoms with Gasteiger partial charge in [0.25, 0.3) is 0 Å². The average Bonchev–Trinajstić information content (AvgIpc) is 2.09. The van der Waals surface area contributed by atoms with Gasteiger partial charge in [0.15, 0.2) is 0 Å². The fourth-order valence-electron chi connectivity index (χ4n) is 2.25. The monoisotopic (exact) mass is 179 g/mol. The molecule has 2 aliphatic rings. The first-order valence-corrected chi connectivity index (χ1v) is 5.14. The molecule has 0 aromatic rings. The molecule has 0 radical (unpaired) electrons. The van der Waals surface area contributed by atoms with Crippen molar-refractivity contribution in [1.29, 1.82) is 0 Å². The third-order valence-electron chi connectivity index (χ3n) is 3.54. The Balaban J connectivity index is 2.07. The van der Waals surface area contributed by atoms with Crippen LogP contribution in [-0.4, -0.2) is 11.9 Å². The molecule has 0 aromatic carbocycles. The summed E-state index contributed by atoms with van der Waals surface area (Å²) < 4.78 is 0. The van der Waals surface area contributed by atoms with Gasteiger partial charge in [-0.25, -0.2) is 0 Å². The van der Waals surface area contributed by atoms with Crippen molar-refractivity contribution in [3.05, 3.63) is 11.1 Å². The molecular weight excluding hydrogens is 162 g/mol. The molecule has 0 unspecified atom stereocenters. The van der Waals surface area contributed by atoms with Gasteiger partial charge in [-0.15, -0.1) is 0 Å². The van der Waals surface area contributed by atoms with Gasteiger partial charge in [-0.05, 0) is 39.5 Å². The number of nitrogens with one attached hydrogen (secondary N) is 1. The topological polar surface area (TPSA) is 29.1 Å². The Labute approximate surface area is 79.4 Å². The molecule has 1 fully saturated rings. The van der Waals surface area contributed by atoms with Crippen LogP contribution in [0.3, 0.4) is 0 Å². The first kappa shape index (κ1) is 8.79. The van der Waals surface area contributed by atoms with Gasteiger partial charge in [0.2, 0.25) is 5.91 Å². The van der Waals surface area contributed by atoms with Crippen molar-refractivity contribution in [3.8, 4) is 0 Å². The lowest BCUT2D eigenvalue weighted by Gasteiger charge is -2.38. The number of hydrogen-bond acceptors (Lipinski definition) is 1. The maximum atomic E-state index is 11.2. The van der Waals surface area contributed by atoms with Crippen LogP contribution in [0.2, 0.25) is 0 Å². The smallest absolute Gasteiger partial charge is 0.225 e. The van der Waals surface area contributed by atoms with E-state index in [1.165, 1.54) is 11.1 Å². The van der Waals surface area contributed by atoms with Gasteiger partial charge in [0.1, 0.15) is 0 Å². The minimum Gasteiger partial charge on any atom is -0.352 e. The van der Waals surface area contributed by atoms with Crippen LogP contribution >= 0.6 is 0 Å². The molecule has 2 rings (SSSR count). The van der Waals surface area contributed by atoms with Crippen LogP contribution in [0.5, 0.6) is 0 Å². The molecular formula is C11H17NO. The van der Waals surface area contributed by atoms with Crippen LogP contribution in [0.15, 0.2) is 11.1 Å². The van der Waals surface area contributed by atoms with Crippen LogP contribution in [0.4, 0.5) is 0 Å². The summed E-state index contributed by atoms with van der Waals surface area (Å²) in [6, 6.07) is 0.482. The number of allylic oxidation sites excluding steroid dienone is 2. The molecule has 13 heavy (non-hydrogen) atoms. The molecule has 0 saturated carbocycles. The molecule has 1 aliphatic heterocycles. The molecule has 0 spiro atoms. The van der Waals surface area contributed by atoms with Crippen LogP contribution in [0.25, 0.3) is 0 Å². The summed E-state index contributed by atoms with van der Waals surface area (Å²) in [6.07, 6.45) is 4.47. The number of β-lactam (4-membered cyclic amide) rings is 1. The molecule has 0 aromatic heterocycles. The zero-order chi connectivity index (χ0) is 9.42. The van der Waals surface area contributed by atoms with E-state index in [0.717, 1.165) is 25.7 Å². The van der Waals surface area contributed by atoms with Crippen molar-refractivity contribution in [2.45, 2.75) is 45.6 Å². The lowest BCUT2D eigenvalue weighted by molar-refractivity contribution is -0.135. The van der Waals surface area contributed by atoms with Gasteiger partial charge in [-0.1, -0.05) is 11.1 Å². The van der Waals surface area contributed by atoms with Crippen molar-refractivity contribution >= 4 is 5.91 Å². The van der Waals surface area contributed by atoms with Crippen LogP contribution in [0, 0.1) is 5.92 Å². The van der Waals surface area contributed by atoms with Gasteiger partial charge in [0, 0.05) is 6.04 Å². The number of carbonyl (C=O) groups excluding carboxylic acids is 1. The van der Waals surface area contributed by atoms with E-state index in [1.54, 1.807) is 0 Å². The van der Waals surface area contributed by atoms with Gasteiger partial charge < -0.3 is 5.32 Å². The second-order valence-corrected chi connectivity index (χ2v) is 4.36. The van der Waals surface area contributed by atoms with Gasteiger partial charge in [0.05, 0.1) is 5.92 Å². The Hall–Kier alpha value is -0.790. The third-order valence-corrected chi connectivity index (χ3v) is 3.54. The van der Waals surface area contributed by atoms with Gasteiger partial charge >= 0.3 is 0 Å². The molecule has 1 saturated heterocycles. The third kappa shape index (κ3) is 1.50. The van der Waals surface area contributed by atoms with Crippen molar-refractivity contribution in [3.63, 3.8) is 0 Å². The Kier molecular flexibility index (Phi) is 2.14. The standard InChI is InChI=1S/C11H17NO/c1-7-3-5-9-10(12-11(9)13)6-4-8(7)2/h9-10H,3-6H2,1-2H3,(H,12,13)/t9-,10+/m0/s1. The first-order chi connectivity index (χ1) is 6.18. The molecule has 2 atom stereocenters. The number of rotatable bonds is 0. The largest absolute Gasteiger partial charge is 0.352 e. The summed E-state index contributed by atoms with van der Waals surface area (Å²) in [4.78, 5) is 11.2. The lowest BCUT2D eigenvalue weighted by Crippen LogP contribution is -2.58. The highest BCUT2D eigenvalue weighted by molar-refractivity contribution is 5.85. The molecule has 1 N–H and O–H groups in total. The molecule has 1 amide bonds. The van der Waals surface area contributed by atoms with E-state index >= 15 is 0 Å². The van der Waals surface area contributed by atoms with E-state index in [9.17, 15) is 4.79 Å². The predicted octanol–water partition coefficient (Wildman–Crippen LogP) is 2.01. The Morgan fingerprint density at radius 3 is 2.38 bits per heavy atom. The fourth-order valence-corrected chi connectivity index (χ4v) is 2.25. The maximum absolute atomic E-state index is 11.2. The molecule has 1 aliphatic carbocycles. The summed E-state index contributed by atoms with van der Waals surface area (Å²) in [5.74, 6) is 0.598. The molecule has 72 valence electrons. The van der Waals surface area contributed by atoms with E-state index in [4.69, 9.17) is 0 Å².